The van der Waals surface area contributed by atoms with Gasteiger partial charge in [0.05, 0.1) is 7.11 Å². The van der Waals surface area contributed by atoms with Gasteiger partial charge >= 0.3 is 6.03 Å². The van der Waals surface area contributed by atoms with Crippen LogP contribution in [0.2, 0.25) is 0 Å². The summed E-state index contributed by atoms with van der Waals surface area (Å²) in [5.41, 5.74) is 6.38. The van der Waals surface area contributed by atoms with E-state index in [0.29, 0.717) is 12.6 Å². The van der Waals surface area contributed by atoms with Crippen LogP contribution in [0.4, 0.5) is 10.5 Å². The fourth-order valence-corrected chi connectivity index (χ4v) is 2.80. The number of amides is 2. The molecule has 1 aliphatic rings. The van der Waals surface area contributed by atoms with Crippen LogP contribution in [0.3, 0.4) is 0 Å². The molecule has 0 radical (unpaired) electrons. The van der Waals surface area contributed by atoms with Crippen LogP contribution in [-0.4, -0.2) is 37.2 Å². The number of nitrogens with zero attached hydrogens (tertiary/aromatic N) is 1. The van der Waals surface area contributed by atoms with Gasteiger partial charge in [0.15, 0.2) is 0 Å². The van der Waals surface area contributed by atoms with Crippen molar-refractivity contribution in [2.75, 3.05) is 25.5 Å². The second-order valence-corrected chi connectivity index (χ2v) is 5.43. The topological polar surface area (TPSA) is 67.6 Å². The number of nitrogens with one attached hydrogen (secondary N) is 1. The lowest BCUT2D eigenvalue weighted by Crippen LogP contribution is -2.42. The predicted molar refractivity (Wildman–Crippen MR) is 84.6 cm³/mol. The van der Waals surface area contributed by atoms with Crippen molar-refractivity contribution >= 4 is 11.7 Å². The molecule has 2 rings (SSSR count). The molecule has 0 unspecified atom stereocenters. The van der Waals surface area contributed by atoms with Crippen LogP contribution in [0.15, 0.2) is 24.3 Å². The molecule has 0 saturated heterocycles. The molecular formula is C16H25N3O2. The van der Waals surface area contributed by atoms with Gasteiger partial charge in [-0.3, -0.25) is 0 Å². The number of ether oxygens (including phenoxy) is 1. The van der Waals surface area contributed by atoms with E-state index in [1.54, 1.807) is 7.11 Å². The molecule has 0 heterocycles. The lowest BCUT2D eigenvalue weighted by Gasteiger charge is -2.29. The van der Waals surface area contributed by atoms with Gasteiger partial charge in [-0.25, -0.2) is 4.79 Å². The number of rotatable bonds is 6. The van der Waals surface area contributed by atoms with Crippen molar-refractivity contribution in [1.82, 2.24) is 4.90 Å². The fraction of sp³-hybridized carbons (Fsp3) is 0.562. The zero-order chi connectivity index (χ0) is 15.1. The van der Waals surface area contributed by atoms with Gasteiger partial charge in [-0.05, 0) is 50.1 Å². The first kappa shape index (κ1) is 15.6. The highest BCUT2D eigenvalue weighted by Gasteiger charge is 2.26. The number of benzene rings is 1. The van der Waals surface area contributed by atoms with Crippen molar-refractivity contribution < 1.29 is 9.53 Å². The van der Waals surface area contributed by atoms with Crippen molar-refractivity contribution in [2.45, 2.75) is 38.1 Å². The Bertz CT molecular complexity index is 441. The lowest BCUT2D eigenvalue weighted by atomic mass is 10.2. The molecule has 0 atom stereocenters. The number of hydrogen-bond acceptors (Lipinski definition) is 3. The summed E-state index contributed by atoms with van der Waals surface area (Å²) in [7, 11) is 1.63. The van der Waals surface area contributed by atoms with E-state index in [0.717, 1.165) is 37.2 Å². The summed E-state index contributed by atoms with van der Waals surface area (Å²) >= 11 is 0. The zero-order valence-corrected chi connectivity index (χ0v) is 12.7. The molecular weight excluding hydrogens is 266 g/mol. The van der Waals surface area contributed by atoms with Crippen LogP contribution in [0.25, 0.3) is 0 Å². The number of anilines is 1. The van der Waals surface area contributed by atoms with Gasteiger partial charge in [0.2, 0.25) is 0 Å². The first-order valence-corrected chi connectivity index (χ1v) is 7.66. The number of urea groups is 1. The summed E-state index contributed by atoms with van der Waals surface area (Å²) in [6, 6.07) is 7.72. The monoisotopic (exact) mass is 291 g/mol. The normalized spacial score (nSPS) is 15.0. The molecule has 1 fully saturated rings. The van der Waals surface area contributed by atoms with Crippen molar-refractivity contribution in [2.24, 2.45) is 5.73 Å². The van der Waals surface area contributed by atoms with Crippen LogP contribution < -0.4 is 15.8 Å². The maximum atomic E-state index is 12.5. The van der Waals surface area contributed by atoms with Crippen LogP contribution in [0.5, 0.6) is 5.75 Å². The van der Waals surface area contributed by atoms with Gasteiger partial charge in [0.25, 0.3) is 0 Å². The molecule has 1 aromatic rings. The summed E-state index contributed by atoms with van der Waals surface area (Å²) < 4.78 is 5.12. The van der Waals surface area contributed by atoms with E-state index in [1.807, 2.05) is 29.2 Å². The van der Waals surface area contributed by atoms with Crippen LogP contribution in [-0.2, 0) is 0 Å². The Balaban J connectivity index is 1.98. The highest BCUT2D eigenvalue weighted by molar-refractivity contribution is 5.89. The van der Waals surface area contributed by atoms with Gasteiger partial charge in [-0.2, -0.15) is 0 Å². The fourth-order valence-electron chi connectivity index (χ4n) is 2.80. The maximum Gasteiger partial charge on any atom is 0.322 e. The van der Waals surface area contributed by atoms with Gasteiger partial charge in [0.1, 0.15) is 5.75 Å². The minimum atomic E-state index is -0.0273. The summed E-state index contributed by atoms with van der Waals surface area (Å²) in [6.07, 6.45) is 5.45. The van der Waals surface area contributed by atoms with Crippen molar-refractivity contribution in [3.05, 3.63) is 24.3 Å². The van der Waals surface area contributed by atoms with E-state index >= 15 is 0 Å². The number of hydrogen-bond donors (Lipinski definition) is 2. The third kappa shape index (κ3) is 4.36. The predicted octanol–water partition coefficient (Wildman–Crippen LogP) is 2.82. The molecule has 0 aliphatic heterocycles. The molecule has 0 bridgehead atoms. The minimum Gasteiger partial charge on any atom is -0.497 e. The molecule has 1 saturated carbocycles. The Labute approximate surface area is 126 Å². The Hall–Kier alpha value is -1.75. The minimum absolute atomic E-state index is 0.0273. The van der Waals surface area contributed by atoms with E-state index in [1.165, 1.54) is 12.8 Å². The molecule has 116 valence electrons. The largest absolute Gasteiger partial charge is 0.497 e. The number of carbonyl (C=O) groups is 1. The van der Waals surface area contributed by atoms with E-state index in [9.17, 15) is 4.79 Å². The zero-order valence-electron chi connectivity index (χ0n) is 12.7. The molecule has 21 heavy (non-hydrogen) atoms. The smallest absolute Gasteiger partial charge is 0.322 e. The van der Waals surface area contributed by atoms with Gasteiger partial charge in [-0.1, -0.05) is 12.8 Å². The number of nitrogens with two attached hydrogens (primary N) is 1. The molecule has 5 nitrogen and oxygen atoms in total. The first-order chi connectivity index (χ1) is 10.2. The first-order valence-electron chi connectivity index (χ1n) is 7.66. The molecule has 1 aliphatic carbocycles. The van der Waals surface area contributed by atoms with Crippen LogP contribution in [0.1, 0.15) is 32.1 Å². The van der Waals surface area contributed by atoms with Gasteiger partial charge in [0, 0.05) is 18.3 Å². The standard InChI is InChI=1S/C16H25N3O2/c1-21-15-9-7-13(8-10-15)18-16(20)19(12-4-11-17)14-5-2-3-6-14/h7-10,14H,2-6,11-12,17H2,1H3,(H,18,20). The molecule has 2 amide bonds. The second-order valence-electron chi connectivity index (χ2n) is 5.43. The highest BCUT2D eigenvalue weighted by Crippen LogP contribution is 2.24. The maximum absolute atomic E-state index is 12.5. The molecule has 0 spiro atoms. The highest BCUT2D eigenvalue weighted by atomic mass is 16.5. The van der Waals surface area contributed by atoms with Gasteiger partial charge < -0.3 is 20.7 Å². The summed E-state index contributed by atoms with van der Waals surface area (Å²) in [6.45, 7) is 1.34. The Morgan fingerprint density at radius 3 is 2.57 bits per heavy atom. The van der Waals surface area contributed by atoms with Crippen molar-refractivity contribution in [3.8, 4) is 5.75 Å². The third-order valence-corrected chi connectivity index (χ3v) is 3.97. The van der Waals surface area contributed by atoms with E-state index in [4.69, 9.17) is 10.5 Å². The Morgan fingerprint density at radius 2 is 2.00 bits per heavy atom. The third-order valence-electron chi connectivity index (χ3n) is 3.97. The molecule has 5 heteroatoms. The number of carbonyl (C=O) groups excluding carboxylic acids is 1. The van der Waals surface area contributed by atoms with Crippen molar-refractivity contribution in [3.63, 3.8) is 0 Å². The quantitative estimate of drug-likeness (QED) is 0.847. The Morgan fingerprint density at radius 1 is 1.33 bits per heavy atom. The summed E-state index contributed by atoms with van der Waals surface area (Å²) in [5, 5.41) is 2.97. The van der Waals surface area contributed by atoms with Crippen LogP contribution in [0, 0.1) is 0 Å². The van der Waals surface area contributed by atoms with E-state index in [2.05, 4.69) is 5.32 Å². The SMILES string of the molecule is COc1ccc(NC(=O)N(CCCN)C2CCCC2)cc1. The number of methoxy groups -OCH3 is 1. The average molecular weight is 291 g/mol. The van der Waals surface area contributed by atoms with E-state index < -0.39 is 0 Å². The molecule has 1 aromatic carbocycles. The van der Waals surface area contributed by atoms with Crippen LogP contribution >= 0.6 is 0 Å². The Kier molecular flexibility index (Phi) is 5.87. The molecule has 0 aromatic heterocycles. The summed E-state index contributed by atoms with van der Waals surface area (Å²) in [5.74, 6) is 0.781. The van der Waals surface area contributed by atoms with Crippen molar-refractivity contribution in [1.29, 1.82) is 0 Å². The van der Waals surface area contributed by atoms with Gasteiger partial charge in [-0.15, -0.1) is 0 Å². The summed E-state index contributed by atoms with van der Waals surface area (Å²) in [4.78, 5) is 14.5. The lowest BCUT2D eigenvalue weighted by molar-refractivity contribution is 0.188. The second kappa shape index (κ2) is 7.88. The average Bonchev–Trinajstić information content (AvgIpc) is 3.02. The molecule has 3 N–H and O–H groups in total. The van der Waals surface area contributed by atoms with E-state index in [-0.39, 0.29) is 6.03 Å².